The molecule has 6 atom stereocenters. The van der Waals surface area contributed by atoms with Crippen LogP contribution in [0.1, 0.15) is 52.9 Å². The van der Waals surface area contributed by atoms with E-state index in [1.165, 1.54) is 25.7 Å². The highest BCUT2D eigenvalue weighted by Crippen LogP contribution is 2.43. The molecule has 226 valence electrons. The molecule has 0 radical (unpaired) electrons. The van der Waals surface area contributed by atoms with E-state index in [0.29, 0.717) is 38.1 Å². The van der Waals surface area contributed by atoms with Crippen LogP contribution in [-0.4, -0.2) is 80.6 Å². The molecule has 3 rings (SSSR count). The Morgan fingerprint density at radius 2 is 1.77 bits per heavy atom. The summed E-state index contributed by atoms with van der Waals surface area (Å²) in [6.45, 7) is 4.91. The van der Waals surface area contributed by atoms with Crippen molar-refractivity contribution in [2.45, 2.75) is 77.2 Å². The Labute approximate surface area is 230 Å². The molecule has 10 nitrogen and oxygen atoms in total. The van der Waals surface area contributed by atoms with Crippen LogP contribution in [0.15, 0.2) is 11.2 Å². The highest BCUT2D eigenvalue weighted by atomic mass is 32.2. The number of carbonyl (C=O) groups excluding carboxylic acids is 4. The maximum absolute atomic E-state index is 14.5. The van der Waals surface area contributed by atoms with Gasteiger partial charge in [-0.1, -0.05) is 27.2 Å². The Kier molecular flexibility index (Phi) is 9.26. The lowest BCUT2D eigenvalue weighted by molar-refractivity contribution is -0.176. The number of rotatable bonds is 8. The molecule has 0 aromatic carbocycles. The maximum Gasteiger partial charge on any atom is 0.471 e. The van der Waals surface area contributed by atoms with Crippen molar-refractivity contribution in [2.24, 2.45) is 23.2 Å². The summed E-state index contributed by atoms with van der Waals surface area (Å²) in [6, 6.07) is -3.95. The first-order valence-corrected chi connectivity index (χ1v) is 15.0. The molecule has 3 aliphatic rings. The molecule has 0 spiro atoms. The molecule has 4 amide bonds. The van der Waals surface area contributed by atoms with E-state index in [9.17, 15) is 45.2 Å². The second-order valence-corrected chi connectivity index (χ2v) is 13.9. The molecule has 0 unspecified atom stereocenters. The fourth-order valence-electron chi connectivity index (χ4n) is 5.79. The van der Waals surface area contributed by atoms with E-state index in [4.69, 9.17) is 0 Å². The van der Waals surface area contributed by atoms with Gasteiger partial charge in [-0.05, 0) is 49.0 Å². The van der Waals surface area contributed by atoms with E-state index in [1.54, 1.807) is 5.32 Å². The third-order valence-corrected chi connectivity index (χ3v) is 8.65. The Morgan fingerprint density at radius 1 is 1.12 bits per heavy atom. The maximum atomic E-state index is 14.5. The standard InChI is InChI=1S/C25H36F4N4O6S/c1-24(2,3)19(32-23(37)25(27,28)29)22(36)33-12-14-6-5-7-16(14)18(33)21(35)31-15(11-17(26)40(4,38)39)10-13-8-9-30-20(13)34/h11,13-16,18-19H,5-10,12H2,1-4H3,(H,30,34)(H,31,35)(H,32,37)/b17-11-/t13-,14+,15+,16+,18-,19-/m0/s1. The minimum Gasteiger partial charge on any atom is -0.356 e. The Morgan fingerprint density at radius 3 is 2.30 bits per heavy atom. The van der Waals surface area contributed by atoms with Gasteiger partial charge in [0.15, 0.2) is 0 Å². The van der Waals surface area contributed by atoms with Crippen LogP contribution in [-0.2, 0) is 29.0 Å². The summed E-state index contributed by atoms with van der Waals surface area (Å²) >= 11 is 0. The van der Waals surface area contributed by atoms with Gasteiger partial charge in [-0.2, -0.15) is 17.6 Å². The van der Waals surface area contributed by atoms with Gasteiger partial charge in [0, 0.05) is 25.3 Å². The molecule has 0 bridgehead atoms. The minimum absolute atomic E-state index is 0.0826. The van der Waals surface area contributed by atoms with Gasteiger partial charge in [-0.3, -0.25) is 19.2 Å². The molecular formula is C25H36F4N4O6S. The summed E-state index contributed by atoms with van der Waals surface area (Å²) in [4.78, 5) is 52.4. The van der Waals surface area contributed by atoms with Crippen molar-refractivity contribution in [3.63, 3.8) is 0 Å². The average molecular weight is 597 g/mol. The van der Waals surface area contributed by atoms with Crippen molar-refractivity contribution >= 4 is 33.5 Å². The van der Waals surface area contributed by atoms with Crippen molar-refractivity contribution < 1.29 is 45.2 Å². The summed E-state index contributed by atoms with van der Waals surface area (Å²) in [5, 5.41) is 5.50. The smallest absolute Gasteiger partial charge is 0.356 e. The third-order valence-electron chi connectivity index (χ3n) is 7.80. The van der Waals surface area contributed by atoms with Crippen LogP contribution in [0, 0.1) is 23.2 Å². The molecule has 3 N–H and O–H groups in total. The third kappa shape index (κ3) is 7.32. The zero-order valence-electron chi connectivity index (χ0n) is 22.8. The minimum atomic E-state index is -5.22. The fourth-order valence-corrected chi connectivity index (χ4v) is 6.20. The van der Waals surface area contributed by atoms with Gasteiger partial charge in [-0.25, -0.2) is 8.42 Å². The first-order chi connectivity index (χ1) is 18.3. The molecule has 2 heterocycles. The Bertz CT molecular complexity index is 1170. The van der Waals surface area contributed by atoms with Gasteiger partial charge < -0.3 is 20.9 Å². The molecule has 15 heteroatoms. The molecule has 1 aliphatic carbocycles. The van der Waals surface area contributed by atoms with E-state index in [-0.39, 0.29) is 30.7 Å². The van der Waals surface area contributed by atoms with E-state index < -0.39 is 68.4 Å². The quantitative estimate of drug-likeness (QED) is 0.364. The molecule has 0 aromatic rings. The summed E-state index contributed by atoms with van der Waals surface area (Å²) < 4.78 is 77.1. The van der Waals surface area contributed by atoms with Crippen LogP contribution in [0.4, 0.5) is 17.6 Å². The van der Waals surface area contributed by atoms with Crippen LogP contribution in [0.25, 0.3) is 0 Å². The van der Waals surface area contributed by atoms with E-state index >= 15 is 0 Å². The lowest BCUT2D eigenvalue weighted by atomic mass is 9.85. The molecule has 40 heavy (non-hydrogen) atoms. The van der Waals surface area contributed by atoms with Crippen molar-refractivity contribution in [2.75, 3.05) is 19.3 Å². The number of alkyl halides is 3. The second-order valence-electron chi connectivity index (χ2n) is 11.9. The molecule has 1 saturated carbocycles. The Hall–Kier alpha value is -2.71. The fraction of sp³-hybridized carbons (Fsp3) is 0.760. The van der Waals surface area contributed by atoms with Gasteiger partial charge in [0.05, 0.1) is 6.04 Å². The average Bonchev–Trinajstić information content (AvgIpc) is 3.50. The zero-order chi connectivity index (χ0) is 30.2. The number of carbonyl (C=O) groups is 4. The van der Waals surface area contributed by atoms with Crippen LogP contribution < -0.4 is 16.0 Å². The number of nitrogens with one attached hydrogen (secondary N) is 3. The number of sulfone groups is 1. The number of hydrogen-bond donors (Lipinski definition) is 3. The zero-order valence-corrected chi connectivity index (χ0v) is 23.6. The number of amides is 4. The van der Waals surface area contributed by atoms with Crippen LogP contribution in [0.2, 0.25) is 0 Å². The van der Waals surface area contributed by atoms with Crippen molar-refractivity contribution in [3.8, 4) is 0 Å². The van der Waals surface area contributed by atoms with Crippen molar-refractivity contribution in [3.05, 3.63) is 11.2 Å². The van der Waals surface area contributed by atoms with E-state index in [2.05, 4.69) is 10.6 Å². The molecule has 0 aromatic heterocycles. The van der Waals surface area contributed by atoms with Gasteiger partial charge >= 0.3 is 12.1 Å². The van der Waals surface area contributed by atoms with Crippen molar-refractivity contribution in [1.82, 2.24) is 20.9 Å². The van der Waals surface area contributed by atoms with Crippen molar-refractivity contribution in [1.29, 1.82) is 0 Å². The van der Waals surface area contributed by atoms with Gasteiger partial charge in [0.2, 0.25) is 32.7 Å². The largest absolute Gasteiger partial charge is 0.471 e. The summed E-state index contributed by atoms with van der Waals surface area (Å²) in [5.41, 5.74) is -1.14. The number of likely N-dealkylation sites (tertiary alicyclic amines) is 1. The first-order valence-electron chi connectivity index (χ1n) is 13.1. The predicted molar refractivity (Wildman–Crippen MR) is 135 cm³/mol. The SMILES string of the molecule is CC(C)(C)[C@@H](NC(=O)C(F)(F)F)C(=O)N1C[C@H]2CCC[C@H]2[C@H]1C(=O)N[C@@H](/C=C(/F)S(C)(=O)=O)C[C@@H]1CCNC1=O. The Balaban J connectivity index is 1.91. The molecule has 2 saturated heterocycles. The summed E-state index contributed by atoms with van der Waals surface area (Å²) in [6.07, 6.45) is -1.55. The van der Waals surface area contributed by atoms with E-state index in [1.807, 2.05) is 0 Å². The normalized spacial score (nSPS) is 27.1. The molecule has 3 fully saturated rings. The number of hydrogen-bond acceptors (Lipinski definition) is 6. The monoisotopic (exact) mass is 596 g/mol. The van der Waals surface area contributed by atoms with Crippen LogP contribution in [0.5, 0.6) is 0 Å². The topological polar surface area (TPSA) is 142 Å². The molecule has 2 aliphatic heterocycles. The number of halogens is 4. The first kappa shape index (κ1) is 31.8. The van der Waals surface area contributed by atoms with Gasteiger partial charge in [0.1, 0.15) is 12.1 Å². The van der Waals surface area contributed by atoms with Crippen LogP contribution >= 0.6 is 0 Å². The van der Waals surface area contributed by atoms with Gasteiger partial charge in [-0.15, -0.1) is 0 Å². The summed E-state index contributed by atoms with van der Waals surface area (Å²) in [7, 11) is -4.24. The lowest BCUT2D eigenvalue weighted by Crippen LogP contribution is -2.60. The number of nitrogens with zero attached hydrogens (tertiary/aromatic N) is 1. The predicted octanol–water partition coefficient (Wildman–Crippen LogP) is 1.57. The summed E-state index contributed by atoms with van der Waals surface area (Å²) in [5.74, 6) is -5.25. The second kappa shape index (κ2) is 11.6. The highest BCUT2D eigenvalue weighted by Gasteiger charge is 2.53. The number of fused-ring (bicyclic) bond motifs is 1. The van der Waals surface area contributed by atoms with E-state index in [0.717, 1.165) is 6.42 Å². The molecular weight excluding hydrogens is 560 g/mol. The van der Waals surface area contributed by atoms with Crippen LogP contribution in [0.3, 0.4) is 0 Å². The van der Waals surface area contributed by atoms with Gasteiger partial charge in [0.25, 0.3) is 0 Å². The highest BCUT2D eigenvalue weighted by molar-refractivity contribution is 7.94. The lowest BCUT2D eigenvalue weighted by Gasteiger charge is -2.36.